The number of ether oxygens (including phenoxy) is 1. The van der Waals surface area contributed by atoms with Crippen molar-refractivity contribution in [3.63, 3.8) is 0 Å². The lowest BCUT2D eigenvalue weighted by molar-refractivity contribution is -0.122. The van der Waals surface area contributed by atoms with Crippen molar-refractivity contribution in [2.75, 3.05) is 5.32 Å². The summed E-state index contributed by atoms with van der Waals surface area (Å²) < 4.78 is 5.87. The van der Waals surface area contributed by atoms with Crippen LogP contribution in [0.3, 0.4) is 0 Å². The summed E-state index contributed by atoms with van der Waals surface area (Å²) in [7, 11) is 0. The monoisotopic (exact) mass is 425 g/mol. The van der Waals surface area contributed by atoms with Crippen LogP contribution in [0.1, 0.15) is 24.5 Å². The topological polar surface area (TPSA) is 38.3 Å². The predicted molar refractivity (Wildman–Crippen MR) is 122 cm³/mol. The van der Waals surface area contributed by atoms with Gasteiger partial charge in [0.15, 0.2) is 6.10 Å². The molecule has 0 spiro atoms. The van der Waals surface area contributed by atoms with E-state index in [0.717, 1.165) is 17.0 Å². The molecule has 0 aliphatic rings. The Balaban J connectivity index is 1.56. The van der Waals surface area contributed by atoms with E-state index in [-0.39, 0.29) is 5.91 Å². The van der Waals surface area contributed by atoms with Crippen molar-refractivity contribution in [2.24, 2.45) is 0 Å². The zero-order valence-electron chi connectivity index (χ0n) is 16.5. The third-order valence-corrected chi connectivity index (χ3v) is 5.95. The van der Waals surface area contributed by atoms with Gasteiger partial charge in [0.25, 0.3) is 5.91 Å². The van der Waals surface area contributed by atoms with Crippen LogP contribution in [-0.2, 0) is 10.5 Å². The van der Waals surface area contributed by atoms with Crippen molar-refractivity contribution in [1.82, 2.24) is 0 Å². The Morgan fingerprint density at radius 1 is 1.07 bits per heavy atom. The number of amides is 1. The number of thioether (sulfide) groups is 1. The van der Waals surface area contributed by atoms with Crippen molar-refractivity contribution < 1.29 is 9.53 Å². The quantitative estimate of drug-likeness (QED) is 0.406. The second-order valence-electron chi connectivity index (χ2n) is 6.71. The van der Waals surface area contributed by atoms with Crippen molar-refractivity contribution in [3.8, 4) is 5.75 Å². The van der Waals surface area contributed by atoms with Crippen LogP contribution in [0.2, 0.25) is 5.02 Å². The van der Waals surface area contributed by atoms with Crippen molar-refractivity contribution in [1.29, 1.82) is 0 Å². The van der Waals surface area contributed by atoms with E-state index in [2.05, 4.69) is 17.4 Å². The average Bonchev–Trinajstić information content (AvgIpc) is 2.74. The summed E-state index contributed by atoms with van der Waals surface area (Å²) in [6.07, 6.45) is 0.00291. The molecule has 0 radical (unpaired) electrons. The number of benzene rings is 3. The average molecular weight is 426 g/mol. The van der Waals surface area contributed by atoms with Crippen LogP contribution in [0.15, 0.2) is 77.7 Å². The first-order valence-electron chi connectivity index (χ1n) is 9.55. The number of nitrogens with one attached hydrogen (secondary N) is 1. The van der Waals surface area contributed by atoms with Gasteiger partial charge in [-0.3, -0.25) is 4.79 Å². The van der Waals surface area contributed by atoms with Crippen LogP contribution in [-0.4, -0.2) is 12.0 Å². The molecule has 0 bridgehead atoms. The van der Waals surface area contributed by atoms with Gasteiger partial charge in [-0.2, -0.15) is 0 Å². The second-order valence-corrected chi connectivity index (χ2v) is 8.17. The summed E-state index contributed by atoms with van der Waals surface area (Å²) in [4.78, 5) is 13.9. The molecular formula is C24H24ClNO2S. The Bertz CT molecular complexity index is 945. The largest absolute Gasteiger partial charge is 0.481 e. The minimum Gasteiger partial charge on any atom is -0.481 e. The Labute approximate surface area is 181 Å². The maximum absolute atomic E-state index is 12.6. The molecule has 0 saturated heterocycles. The highest BCUT2D eigenvalue weighted by molar-refractivity contribution is 7.98. The summed E-state index contributed by atoms with van der Waals surface area (Å²) in [6, 6.07) is 23.6. The molecule has 0 aliphatic heterocycles. The number of halogens is 1. The first kappa shape index (κ1) is 21.3. The highest BCUT2D eigenvalue weighted by Crippen LogP contribution is 2.24. The van der Waals surface area contributed by atoms with Crippen LogP contribution >= 0.6 is 23.4 Å². The van der Waals surface area contributed by atoms with Crippen molar-refractivity contribution in [2.45, 2.75) is 37.0 Å². The Morgan fingerprint density at radius 3 is 2.45 bits per heavy atom. The van der Waals surface area contributed by atoms with Gasteiger partial charge in [-0.15, -0.1) is 11.8 Å². The molecule has 1 N–H and O–H groups in total. The number of hydrogen-bond acceptors (Lipinski definition) is 3. The highest BCUT2D eigenvalue weighted by Gasteiger charge is 2.19. The first-order valence-corrected chi connectivity index (χ1v) is 10.9. The number of carbonyl (C=O) groups is 1. The third kappa shape index (κ3) is 6.28. The van der Waals surface area contributed by atoms with E-state index in [0.29, 0.717) is 17.2 Å². The SMILES string of the molecule is CCC(Oc1ccc(Cl)c(C)c1)C(=O)Nc1ccc(CSc2ccccc2)cc1. The van der Waals surface area contributed by atoms with Gasteiger partial charge in [-0.1, -0.05) is 48.9 Å². The van der Waals surface area contributed by atoms with Gasteiger partial charge in [-0.25, -0.2) is 0 Å². The second kappa shape index (κ2) is 10.4. The van der Waals surface area contributed by atoms with Gasteiger partial charge in [0.05, 0.1) is 0 Å². The van der Waals surface area contributed by atoms with Crippen LogP contribution in [0, 0.1) is 6.92 Å². The zero-order chi connectivity index (χ0) is 20.6. The molecule has 150 valence electrons. The van der Waals surface area contributed by atoms with Crippen molar-refractivity contribution >= 4 is 35.0 Å². The third-order valence-electron chi connectivity index (χ3n) is 4.44. The van der Waals surface area contributed by atoms with E-state index in [1.54, 1.807) is 23.9 Å². The Kier molecular flexibility index (Phi) is 7.62. The molecule has 1 atom stereocenters. The highest BCUT2D eigenvalue weighted by atomic mass is 35.5. The molecule has 1 amide bonds. The maximum atomic E-state index is 12.6. The molecule has 0 aromatic heterocycles. The molecule has 29 heavy (non-hydrogen) atoms. The fourth-order valence-electron chi connectivity index (χ4n) is 2.77. The van der Waals surface area contributed by atoms with E-state index in [1.807, 2.05) is 62.4 Å². The Morgan fingerprint density at radius 2 is 1.79 bits per heavy atom. The van der Waals surface area contributed by atoms with Gasteiger partial charge in [0, 0.05) is 21.4 Å². The molecule has 0 fully saturated rings. The number of aryl methyl sites for hydroxylation is 1. The van der Waals surface area contributed by atoms with Gasteiger partial charge in [0.1, 0.15) is 5.75 Å². The molecule has 0 heterocycles. The van der Waals surface area contributed by atoms with E-state index in [9.17, 15) is 4.79 Å². The lowest BCUT2D eigenvalue weighted by Gasteiger charge is -2.18. The summed E-state index contributed by atoms with van der Waals surface area (Å²) in [6.45, 7) is 3.84. The summed E-state index contributed by atoms with van der Waals surface area (Å²) in [5, 5.41) is 3.62. The number of rotatable bonds is 8. The summed E-state index contributed by atoms with van der Waals surface area (Å²) in [5.74, 6) is 1.36. The van der Waals surface area contributed by atoms with Crippen LogP contribution in [0.4, 0.5) is 5.69 Å². The molecule has 3 aromatic rings. The fraction of sp³-hybridized carbons (Fsp3) is 0.208. The van der Waals surface area contributed by atoms with Crippen LogP contribution < -0.4 is 10.1 Å². The Hall–Kier alpha value is -2.43. The van der Waals surface area contributed by atoms with E-state index in [1.165, 1.54) is 10.5 Å². The maximum Gasteiger partial charge on any atom is 0.265 e. The van der Waals surface area contributed by atoms with Gasteiger partial charge < -0.3 is 10.1 Å². The molecule has 3 nitrogen and oxygen atoms in total. The minimum atomic E-state index is -0.566. The fourth-order valence-corrected chi connectivity index (χ4v) is 3.76. The number of carbonyl (C=O) groups excluding carboxylic acids is 1. The summed E-state index contributed by atoms with van der Waals surface area (Å²) >= 11 is 7.84. The van der Waals surface area contributed by atoms with Crippen LogP contribution in [0.25, 0.3) is 0 Å². The van der Waals surface area contributed by atoms with E-state index in [4.69, 9.17) is 16.3 Å². The van der Waals surface area contributed by atoms with Gasteiger partial charge in [-0.05, 0) is 66.9 Å². The zero-order valence-corrected chi connectivity index (χ0v) is 18.1. The molecular weight excluding hydrogens is 402 g/mol. The van der Waals surface area contributed by atoms with E-state index >= 15 is 0 Å². The number of hydrogen-bond donors (Lipinski definition) is 1. The van der Waals surface area contributed by atoms with Crippen LogP contribution in [0.5, 0.6) is 5.75 Å². The predicted octanol–water partition coefficient (Wildman–Crippen LogP) is 6.74. The lowest BCUT2D eigenvalue weighted by Crippen LogP contribution is -2.32. The van der Waals surface area contributed by atoms with Gasteiger partial charge in [0.2, 0.25) is 0 Å². The smallest absolute Gasteiger partial charge is 0.265 e. The molecule has 0 aliphatic carbocycles. The first-order chi connectivity index (χ1) is 14.0. The normalized spacial score (nSPS) is 11.7. The van der Waals surface area contributed by atoms with Crippen molar-refractivity contribution in [3.05, 3.63) is 88.9 Å². The van der Waals surface area contributed by atoms with E-state index < -0.39 is 6.10 Å². The number of anilines is 1. The molecule has 0 saturated carbocycles. The molecule has 5 heteroatoms. The summed E-state index contributed by atoms with van der Waals surface area (Å²) in [5.41, 5.74) is 2.89. The van der Waals surface area contributed by atoms with Gasteiger partial charge >= 0.3 is 0 Å². The molecule has 3 rings (SSSR count). The lowest BCUT2D eigenvalue weighted by atomic mass is 10.2. The minimum absolute atomic E-state index is 0.161. The molecule has 1 unspecified atom stereocenters. The standard InChI is InChI=1S/C24H24ClNO2S/c1-3-23(28-20-13-14-22(25)17(2)15-20)24(27)26-19-11-9-18(10-12-19)16-29-21-7-5-4-6-8-21/h4-15,23H,3,16H2,1-2H3,(H,26,27). The molecule has 3 aromatic carbocycles.